The van der Waals surface area contributed by atoms with Crippen LogP contribution in [0.3, 0.4) is 0 Å². The lowest BCUT2D eigenvalue weighted by molar-refractivity contribution is 0.218. The number of aliphatic imine (C=N–C) groups is 1. The maximum absolute atomic E-state index is 9.80. The van der Waals surface area contributed by atoms with E-state index in [-0.39, 0.29) is 5.41 Å². The molecule has 172 valence electrons. The first kappa shape index (κ1) is 24.2. The second kappa shape index (κ2) is 10.1. The van der Waals surface area contributed by atoms with Crippen molar-refractivity contribution in [3.63, 3.8) is 0 Å². The highest BCUT2D eigenvalue weighted by Crippen LogP contribution is 2.44. The molecule has 1 aliphatic rings. The van der Waals surface area contributed by atoms with Gasteiger partial charge in [-0.2, -0.15) is 10.5 Å². The van der Waals surface area contributed by atoms with Crippen LogP contribution >= 0.6 is 27.3 Å². The molecule has 34 heavy (non-hydrogen) atoms. The first-order chi connectivity index (χ1) is 16.3. The zero-order valence-corrected chi connectivity index (χ0v) is 22.0. The van der Waals surface area contributed by atoms with Crippen molar-refractivity contribution in [1.29, 1.82) is 10.5 Å². The molecule has 0 spiro atoms. The van der Waals surface area contributed by atoms with Crippen LogP contribution in [0.2, 0.25) is 0 Å². The third-order valence-corrected chi connectivity index (χ3v) is 8.17. The van der Waals surface area contributed by atoms with Gasteiger partial charge in [-0.25, -0.2) is 4.99 Å². The van der Waals surface area contributed by atoms with E-state index >= 15 is 0 Å². The van der Waals surface area contributed by atoms with Crippen molar-refractivity contribution in [3.8, 4) is 17.9 Å². The molecule has 4 nitrogen and oxygen atoms in total. The number of fused-ring (bicyclic) bond motifs is 1. The van der Waals surface area contributed by atoms with E-state index in [0.717, 1.165) is 45.4 Å². The Hall–Kier alpha value is -2.93. The molecule has 0 saturated heterocycles. The minimum absolute atomic E-state index is 0.269. The number of ether oxygens (including phenoxy) is 1. The monoisotopic (exact) mass is 531 g/mol. The summed E-state index contributed by atoms with van der Waals surface area (Å²) in [6, 6.07) is 17.8. The lowest BCUT2D eigenvalue weighted by Crippen LogP contribution is -2.26. The zero-order chi connectivity index (χ0) is 24.3. The number of halogens is 1. The number of nitrogens with zero attached hydrogens (tertiary/aromatic N) is 3. The second-order valence-electron chi connectivity index (χ2n) is 9.61. The van der Waals surface area contributed by atoms with E-state index in [9.17, 15) is 10.5 Å². The molecule has 0 N–H and O–H groups in total. The number of benzene rings is 2. The summed E-state index contributed by atoms with van der Waals surface area (Å²) in [5.74, 6) is 1.33. The number of hydrogen-bond donors (Lipinski definition) is 0. The van der Waals surface area contributed by atoms with Gasteiger partial charge in [-0.05, 0) is 81.9 Å². The Bertz CT molecular complexity index is 1320. The summed E-state index contributed by atoms with van der Waals surface area (Å²) in [7, 11) is 0. The first-order valence-electron chi connectivity index (χ1n) is 11.3. The van der Waals surface area contributed by atoms with Crippen LogP contribution in [0.25, 0.3) is 0 Å². The molecule has 0 aliphatic heterocycles. The third kappa shape index (κ3) is 5.25. The zero-order valence-electron chi connectivity index (χ0n) is 19.6. The van der Waals surface area contributed by atoms with Gasteiger partial charge in [-0.3, -0.25) is 0 Å². The largest absolute Gasteiger partial charge is 0.488 e. The van der Waals surface area contributed by atoms with Crippen molar-refractivity contribution in [2.24, 2.45) is 16.3 Å². The lowest BCUT2D eigenvalue weighted by atomic mass is 9.72. The number of nitriles is 2. The van der Waals surface area contributed by atoms with Crippen LogP contribution in [0.5, 0.6) is 5.75 Å². The van der Waals surface area contributed by atoms with Gasteiger partial charge in [0.1, 0.15) is 23.4 Å². The summed E-state index contributed by atoms with van der Waals surface area (Å²) >= 11 is 5.24. The minimum Gasteiger partial charge on any atom is -0.488 e. The van der Waals surface area contributed by atoms with Crippen LogP contribution in [0, 0.1) is 34.0 Å². The molecule has 1 aliphatic carbocycles. The molecular weight excluding hydrogens is 506 g/mol. The summed E-state index contributed by atoms with van der Waals surface area (Å²) in [6.07, 6.45) is 4.91. The van der Waals surface area contributed by atoms with Crippen LogP contribution in [-0.4, -0.2) is 6.21 Å². The highest BCUT2D eigenvalue weighted by atomic mass is 79.9. The predicted octanol–water partition coefficient (Wildman–Crippen LogP) is 7.73. The Morgan fingerprint density at radius 2 is 1.97 bits per heavy atom. The van der Waals surface area contributed by atoms with E-state index in [4.69, 9.17) is 9.73 Å². The predicted molar refractivity (Wildman–Crippen MR) is 141 cm³/mol. The van der Waals surface area contributed by atoms with Crippen LogP contribution in [0.4, 0.5) is 5.00 Å². The van der Waals surface area contributed by atoms with Gasteiger partial charge < -0.3 is 4.74 Å². The van der Waals surface area contributed by atoms with Crippen molar-refractivity contribution in [1.82, 2.24) is 0 Å². The molecule has 0 radical (unpaired) electrons. The number of rotatable bonds is 5. The maximum Gasteiger partial charge on any atom is 0.134 e. The van der Waals surface area contributed by atoms with Gasteiger partial charge >= 0.3 is 0 Å². The smallest absolute Gasteiger partial charge is 0.134 e. The van der Waals surface area contributed by atoms with Crippen molar-refractivity contribution in [2.75, 3.05) is 0 Å². The molecule has 1 aromatic heterocycles. The van der Waals surface area contributed by atoms with E-state index in [2.05, 4.69) is 48.8 Å². The SMILES string of the molecule is CC(C)(C)[C@H]1CCc2c(sc(N=Cc3ccc(OCc4ccccc4C#N)c(Br)c3)c2C#N)C1. The van der Waals surface area contributed by atoms with Crippen LogP contribution in [0.1, 0.15) is 59.9 Å². The van der Waals surface area contributed by atoms with Crippen molar-refractivity contribution in [3.05, 3.63) is 79.6 Å². The molecule has 3 aromatic rings. The maximum atomic E-state index is 9.80. The topological polar surface area (TPSA) is 69.2 Å². The van der Waals surface area contributed by atoms with E-state index < -0.39 is 0 Å². The number of thiophene rings is 1. The molecule has 6 heteroatoms. The minimum atomic E-state index is 0.269. The fraction of sp³-hybridized carbons (Fsp3) is 0.321. The highest BCUT2D eigenvalue weighted by Gasteiger charge is 2.32. The van der Waals surface area contributed by atoms with E-state index in [1.54, 1.807) is 23.6 Å². The summed E-state index contributed by atoms with van der Waals surface area (Å²) in [6.45, 7) is 7.22. The molecule has 4 rings (SSSR count). The summed E-state index contributed by atoms with van der Waals surface area (Å²) in [4.78, 5) is 6.02. The molecule has 2 aromatic carbocycles. The molecule has 0 fully saturated rings. The van der Waals surface area contributed by atoms with Crippen LogP contribution < -0.4 is 4.74 Å². The third-order valence-electron chi connectivity index (χ3n) is 6.39. The van der Waals surface area contributed by atoms with Gasteiger partial charge in [-0.1, -0.05) is 39.0 Å². The molecule has 0 unspecified atom stereocenters. The molecular formula is C28H26BrN3OS. The highest BCUT2D eigenvalue weighted by molar-refractivity contribution is 9.10. The average molecular weight is 533 g/mol. The molecule has 0 bridgehead atoms. The van der Waals surface area contributed by atoms with Crippen molar-refractivity contribution >= 4 is 38.5 Å². The normalized spacial score (nSPS) is 15.5. The van der Waals surface area contributed by atoms with Gasteiger partial charge in [0, 0.05) is 16.7 Å². The fourth-order valence-corrected chi connectivity index (χ4v) is 6.01. The summed E-state index contributed by atoms with van der Waals surface area (Å²) in [5, 5.41) is 19.8. The molecule has 1 atom stereocenters. The van der Waals surface area contributed by atoms with E-state index in [1.807, 2.05) is 36.4 Å². The Balaban J connectivity index is 1.49. The molecule has 0 amide bonds. The van der Waals surface area contributed by atoms with Gasteiger partial charge in [0.05, 0.1) is 21.7 Å². The first-order valence-corrected chi connectivity index (χ1v) is 12.9. The Labute approximate surface area is 213 Å². The number of hydrogen-bond acceptors (Lipinski definition) is 5. The Kier molecular flexibility index (Phi) is 7.22. The second-order valence-corrected chi connectivity index (χ2v) is 11.5. The fourth-order valence-electron chi connectivity index (χ4n) is 4.28. The van der Waals surface area contributed by atoms with E-state index in [1.165, 1.54) is 10.4 Å². The Morgan fingerprint density at radius 1 is 1.18 bits per heavy atom. The standard InChI is InChI=1S/C28H26BrN3OS/c1-28(2,3)21-9-10-22-23(15-31)27(34-26(22)13-21)32-16-18-8-11-25(24(29)12-18)33-17-20-7-5-4-6-19(20)14-30/h4-8,11-12,16,21H,9-10,13,17H2,1-3H3/t21-/m0/s1. The quantitative estimate of drug-likeness (QED) is 0.316. The van der Waals surface area contributed by atoms with Gasteiger partial charge in [0.25, 0.3) is 0 Å². The average Bonchev–Trinajstić information content (AvgIpc) is 3.18. The van der Waals surface area contributed by atoms with Crippen molar-refractivity contribution < 1.29 is 4.74 Å². The molecule has 1 heterocycles. The van der Waals surface area contributed by atoms with Crippen LogP contribution in [0.15, 0.2) is 51.9 Å². The molecule has 0 saturated carbocycles. The van der Waals surface area contributed by atoms with Gasteiger partial charge in [0.15, 0.2) is 0 Å². The summed E-state index contributed by atoms with van der Waals surface area (Å²) in [5.41, 5.74) is 4.58. The van der Waals surface area contributed by atoms with Gasteiger partial charge in [0.2, 0.25) is 0 Å². The van der Waals surface area contributed by atoms with Crippen LogP contribution in [-0.2, 0) is 19.4 Å². The van der Waals surface area contributed by atoms with E-state index in [0.29, 0.717) is 23.8 Å². The van der Waals surface area contributed by atoms with Crippen molar-refractivity contribution in [2.45, 2.75) is 46.6 Å². The summed E-state index contributed by atoms with van der Waals surface area (Å²) < 4.78 is 6.74. The van der Waals surface area contributed by atoms with Gasteiger partial charge in [-0.15, -0.1) is 11.3 Å². The lowest BCUT2D eigenvalue weighted by Gasteiger charge is -2.33. The Morgan fingerprint density at radius 3 is 2.68 bits per heavy atom.